The first-order valence-corrected chi connectivity index (χ1v) is 10.3. The van der Waals surface area contributed by atoms with Gasteiger partial charge in [-0.15, -0.1) is 0 Å². The fraction of sp³-hybridized carbons (Fsp3) is 0.182. The van der Waals surface area contributed by atoms with Gasteiger partial charge in [0.1, 0.15) is 17.3 Å². The summed E-state index contributed by atoms with van der Waals surface area (Å²) in [4.78, 5) is 0.166. The van der Waals surface area contributed by atoms with Crippen molar-refractivity contribution in [1.82, 2.24) is 0 Å². The van der Waals surface area contributed by atoms with Gasteiger partial charge in [-0.05, 0) is 54.4 Å². The summed E-state index contributed by atoms with van der Waals surface area (Å²) in [6, 6.07) is 17.4. The summed E-state index contributed by atoms with van der Waals surface area (Å²) in [5, 5.41) is 0. The Bertz CT molecular complexity index is 1090. The second-order valence-electron chi connectivity index (χ2n) is 6.48. The number of anilines is 1. The Kier molecular flexibility index (Phi) is 6.08. The molecule has 0 aromatic heterocycles. The zero-order chi connectivity index (χ0) is 21.0. The minimum Gasteiger partial charge on any atom is -0.497 e. The first-order chi connectivity index (χ1) is 13.8. The van der Waals surface area contributed by atoms with E-state index in [0.717, 1.165) is 0 Å². The van der Waals surface area contributed by atoms with Crippen LogP contribution in [0.25, 0.3) is 0 Å². The first-order valence-electron chi connectivity index (χ1n) is 8.91. The van der Waals surface area contributed by atoms with Crippen LogP contribution in [0.2, 0.25) is 0 Å². The Hall–Kier alpha value is -3.06. The molecule has 152 valence electrons. The van der Waals surface area contributed by atoms with Gasteiger partial charge in [0, 0.05) is 6.07 Å². The van der Waals surface area contributed by atoms with Gasteiger partial charge in [0.05, 0.1) is 31.3 Å². The summed E-state index contributed by atoms with van der Waals surface area (Å²) < 4.78 is 52.7. The predicted molar refractivity (Wildman–Crippen MR) is 110 cm³/mol. The second-order valence-corrected chi connectivity index (χ2v) is 8.31. The van der Waals surface area contributed by atoms with Crippen molar-refractivity contribution in [1.29, 1.82) is 0 Å². The molecule has 3 aromatic rings. The van der Waals surface area contributed by atoms with Crippen molar-refractivity contribution in [3.63, 3.8) is 0 Å². The molecule has 0 radical (unpaired) electrons. The molecule has 0 aliphatic rings. The van der Waals surface area contributed by atoms with E-state index >= 15 is 0 Å². The Labute approximate surface area is 170 Å². The first kappa shape index (κ1) is 20.7. The molecule has 0 fully saturated rings. The SMILES string of the molecule is COc1cc(CN(c2cccc(F)c2)S(=O)(=O)c2ccccc2C)cc(OC)c1. The maximum absolute atomic E-state index is 13.9. The largest absolute Gasteiger partial charge is 0.497 e. The number of aryl methyl sites for hydroxylation is 1. The lowest BCUT2D eigenvalue weighted by Gasteiger charge is -2.26. The molecular weight excluding hydrogens is 393 g/mol. The molecule has 0 bridgehead atoms. The molecule has 0 saturated heterocycles. The number of hydrogen-bond acceptors (Lipinski definition) is 4. The van der Waals surface area contributed by atoms with E-state index in [-0.39, 0.29) is 17.1 Å². The van der Waals surface area contributed by atoms with Crippen molar-refractivity contribution in [3.05, 3.63) is 83.7 Å². The van der Waals surface area contributed by atoms with Gasteiger partial charge in [-0.25, -0.2) is 12.8 Å². The minimum absolute atomic E-state index is 0.0202. The molecule has 3 rings (SSSR count). The number of methoxy groups -OCH3 is 2. The van der Waals surface area contributed by atoms with Gasteiger partial charge in [0.15, 0.2) is 0 Å². The Morgan fingerprint density at radius 2 is 1.55 bits per heavy atom. The molecule has 0 heterocycles. The van der Waals surface area contributed by atoms with E-state index in [9.17, 15) is 12.8 Å². The lowest BCUT2D eigenvalue weighted by Crippen LogP contribution is -2.31. The third kappa shape index (κ3) is 4.51. The normalized spacial score (nSPS) is 11.2. The average molecular weight is 415 g/mol. The van der Waals surface area contributed by atoms with Gasteiger partial charge >= 0.3 is 0 Å². The molecule has 0 atom stereocenters. The van der Waals surface area contributed by atoms with Crippen molar-refractivity contribution < 1.29 is 22.3 Å². The minimum atomic E-state index is -3.95. The number of rotatable bonds is 7. The lowest BCUT2D eigenvalue weighted by molar-refractivity contribution is 0.393. The molecule has 5 nitrogen and oxygen atoms in total. The molecule has 0 unspecified atom stereocenters. The van der Waals surface area contributed by atoms with Crippen molar-refractivity contribution in [3.8, 4) is 11.5 Å². The van der Waals surface area contributed by atoms with E-state index in [0.29, 0.717) is 22.6 Å². The van der Waals surface area contributed by atoms with Crippen LogP contribution in [0.1, 0.15) is 11.1 Å². The van der Waals surface area contributed by atoms with E-state index in [1.165, 1.54) is 36.7 Å². The second kappa shape index (κ2) is 8.53. The number of hydrogen-bond donors (Lipinski definition) is 0. The molecule has 0 spiro atoms. The van der Waals surface area contributed by atoms with Crippen LogP contribution < -0.4 is 13.8 Å². The third-order valence-corrected chi connectivity index (χ3v) is 6.43. The van der Waals surface area contributed by atoms with Crippen LogP contribution in [-0.4, -0.2) is 22.6 Å². The topological polar surface area (TPSA) is 55.8 Å². The van der Waals surface area contributed by atoms with Gasteiger partial charge in [0.25, 0.3) is 10.0 Å². The number of sulfonamides is 1. The zero-order valence-electron chi connectivity index (χ0n) is 16.4. The summed E-state index contributed by atoms with van der Waals surface area (Å²) >= 11 is 0. The molecule has 3 aromatic carbocycles. The van der Waals surface area contributed by atoms with Crippen LogP contribution in [0.3, 0.4) is 0 Å². The molecule has 0 saturated carbocycles. The van der Waals surface area contributed by atoms with Crippen molar-refractivity contribution in [2.24, 2.45) is 0 Å². The highest BCUT2D eigenvalue weighted by Gasteiger charge is 2.27. The Morgan fingerprint density at radius 1 is 0.897 bits per heavy atom. The number of ether oxygens (including phenoxy) is 2. The van der Waals surface area contributed by atoms with Gasteiger partial charge in [-0.1, -0.05) is 24.3 Å². The van der Waals surface area contributed by atoms with Gasteiger partial charge in [-0.3, -0.25) is 4.31 Å². The van der Waals surface area contributed by atoms with Crippen LogP contribution in [0.4, 0.5) is 10.1 Å². The highest BCUT2D eigenvalue weighted by atomic mass is 32.2. The standard InChI is InChI=1S/C22H22FNO4S/c1-16-7-4-5-10-22(16)29(25,26)24(19-9-6-8-18(23)13-19)15-17-11-20(27-2)14-21(12-17)28-3/h4-14H,15H2,1-3H3. The van der Waals surface area contributed by atoms with Crippen LogP contribution in [0.15, 0.2) is 71.6 Å². The van der Waals surface area contributed by atoms with E-state index < -0.39 is 15.8 Å². The summed E-state index contributed by atoms with van der Waals surface area (Å²) in [7, 11) is -0.912. The maximum Gasteiger partial charge on any atom is 0.264 e. The Balaban J connectivity index is 2.14. The highest BCUT2D eigenvalue weighted by molar-refractivity contribution is 7.92. The van der Waals surface area contributed by atoms with Crippen LogP contribution in [-0.2, 0) is 16.6 Å². The maximum atomic E-state index is 13.9. The highest BCUT2D eigenvalue weighted by Crippen LogP contribution is 2.30. The van der Waals surface area contributed by atoms with Crippen LogP contribution in [0, 0.1) is 12.7 Å². The van der Waals surface area contributed by atoms with Crippen LogP contribution in [0.5, 0.6) is 11.5 Å². The summed E-state index contributed by atoms with van der Waals surface area (Å²) in [5.41, 5.74) is 1.48. The summed E-state index contributed by atoms with van der Waals surface area (Å²) in [6.07, 6.45) is 0. The number of benzene rings is 3. The fourth-order valence-electron chi connectivity index (χ4n) is 3.03. The average Bonchev–Trinajstić information content (AvgIpc) is 2.71. The lowest BCUT2D eigenvalue weighted by atomic mass is 10.2. The van der Waals surface area contributed by atoms with Crippen molar-refractivity contribution >= 4 is 15.7 Å². The van der Waals surface area contributed by atoms with E-state index in [1.54, 1.807) is 55.5 Å². The van der Waals surface area contributed by atoms with Crippen molar-refractivity contribution in [2.45, 2.75) is 18.4 Å². The Morgan fingerprint density at radius 3 is 2.14 bits per heavy atom. The van der Waals surface area contributed by atoms with Crippen molar-refractivity contribution in [2.75, 3.05) is 18.5 Å². The van der Waals surface area contributed by atoms with E-state index in [4.69, 9.17) is 9.47 Å². The van der Waals surface area contributed by atoms with Crippen LogP contribution >= 0.6 is 0 Å². The third-order valence-electron chi connectivity index (χ3n) is 4.50. The van der Waals surface area contributed by atoms with Gasteiger partial charge < -0.3 is 9.47 Å². The smallest absolute Gasteiger partial charge is 0.264 e. The monoisotopic (exact) mass is 415 g/mol. The predicted octanol–water partition coefficient (Wildman–Crippen LogP) is 4.55. The summed E-state index contributed by atoms with van der Waals surface area (Å²) in [6.45, 7) is 1.71. The zero-order valence-corrected chi connectivity index (χ0v) is 17.2. The quantitative estimate of drug-likeness (QED) is 0.568. The molecule has 0 aliphatic carbocycles. The molecular formula is C22H22FNO4S. The molecule has 0 aliphatic heterocycles. The van der Waals surface area contributed by atoms with Gasteiger partial charge in [0.2, 0.25) is 0 Å². The van der Waals surface area contributed by atoms with E-state index in [1.807, 2.05) is 0 Å². The summed E-state index contributed by atoms with van der Waals surface area (Å²) in [5.74, 6) is 0.550. The van der Waals surface area contributed by atoms with Gasteiger partial charge in [-0.2, -0.15) is 0 Å². The molecule has 7 heteroatoms. The number of nitrogens with zero attached hydrogens (tertiary/aromatic N) is 1. The number of halogens is 1. The fourth-order valence-corrected chi connectivity index (χ4v) is 4.71. The molecule has 0 amide bonds. The molecule has 29 heavy (non-hydrogen) atoms. The van der Waals surface area contributed by atoms with E-state index in [2.05, 4.69) is 0 Å². The molecule has 0 N–H and O–H groups in total.